The molecule has 0 aliphatic carbocycles. The van der Waals surface area contributed by atoms with Crippen LogP contribution < -0.4 is 0 Å². The van der Waals surface area contributed by atoms with Crippen molar-refractivity contribution >= 4 is 71.4 Å². The minimum absolute atomic E-state index is 0.610. The molecule has 1 heterocycles. The Labute approximate surface area is 85.9 Å². The Morgan fingerprint density at radius 2 is 1.30 bits per heavy atom. The third-order valence-electron chi connectivity index (χ3n) is 0.856. The van der Waals surface area contributed by atoms with E-state index in [1.165, 1.54) is 0 Å². The van der Waals surface area contributed by atoms with Crippen LogP contribution in [-0.4, -0.2) is 15.3 Å². The predicted octanol–water partition coefficient (Wildman–Crippen LogP) is 4.83. The Morgan fingerprint density at radius 3 is 1.50 bits per heavy atom. The van der Waals surface area contributed by atoms with Crippen molar-refractivity contribution in [3.63, 3.8) is 0 Å². The average molecular weight is 280 g/mol. The van der Waals surface area contributed by atoms with Crippen LogP contribution in [0.1, 0.15) is 0 Å². The summed E-state index contributed by atoms with van der Waals surface area (Å²) in [6.07, 6.45) is 0. The zero-order valence-electron chi connectivity index (χ0n) is 4.86. The summed E-state index contributed by atoms with van der Waals surface area (Å²) in [5.41, 5.74) is 0. The molecule has 0 unspecified atom stereocenters. The molecule has 1 aliphatic heterocycles. The lowest BCUT2D eigenvalue weighted by atomic mass is 11.8. The zero-order chi connectivity index (χ0) is 7.83. The van der Waals surface area contributed by atoms with Crippen molar-refractivity contribution in [1.82, 2.24) is 0 Å². The molecule has 1 saturated heterocycles. The maximum absolute atomic E-state index is 5.94. The summed E-state index contributed by atoms with van der Waals surface area (Å²) in [6, 6.07) is 0. The van der Waals surface area contributed by atoms with Crippen LogP contribution in [0.15, 0.2) is 0 Å². The molecule has 1 aliphatic rings. The van der Waals surface area contributed by atoms with Crippen LogP contribution in [0.4, 0.5) is 0 Å². The van der Waals surface area contributed by atoms with Crippen molar-refractivity contribution in [3.05, 3.63) is 0 Å². The van der Waals surface area contributed by atoms with Gasteiger partial charge in [0.1, 0.15) is 0 Å². The Balaban J connectivity index is 2.56. The van der Waals surface area contributed by atoms with Gasteiger partial charge in [0, 0.05) is 0 Å². The van der Waals surface area contributed by atoms with Crippen LogP contribution in [-0.2, 0) is 0 Å². The van der Waals surface area contributed by atoms with Gasteiger partial charge in [-0.3, -0.25) is 0 Å². The fourth-order valence-corrected chi connectivity index (χ4v) is 16.6. The van der Waals surface area contributed by atoms with Crippen molar-refractivity contribution < 1.29 is 0 Å². The summed E-state index contributed by atoms with van der Waals surface area (Å²) in [6.45, 7) is 0. The number of halogens is 4. The first-order chi connectivity index (χ1) is 4.41. The van der Waals surface area contributed by atoms with Crippen LogP contribution in [0.2, 0.25) is 0 Å². The second-order valence-corrected chi connectivity index (χ2v) is 16.0. The van der Waals surface area contributed by atoms with Gasteiger partial charge in [-0.2, -0.15) is 0 Å². The molecule has 0 nitrogen and oxygen atoms in total. The Kier molecular flexibility index (Phi) is 3.63. The van der Waals surface area contributed by atoms with Crippen molar-refractivity contribution in [2.45, 2.75) is 0 Å². The monoisotopic (exact) mass is 278 g/mol. The molecular formula is C3H6Cl4S3. The highest BCUT2D eigenvalue weighted by Crippen LogP contribution is 2.78. The van der Waals surface area contributed by atoms with Crippen LogP contribution >= 0.6 is 71.4 Å². The van der Waals surface area contributed by atoms with Gasteiger partial charge in [0.15, 0.2) is 0 Å². The van der Waals surface area contributed by atoms with Crippen LogP contribution in [0.5, 0.6) is 0 Å². The highest BCUT2D eigenvalue weighted by atomic mass is 36.0. The second kappa shape index (κ2) is 3.52. The van der Waals surface area contributed by atoms with E-state index in [-0.39, 0.29) is 0 Å². The van der Waals surface area contributed by atoms with E-state index < -0.39 is 16.9 Å². The highest BCUT2D eigenvalue weighted by molar-refractivity contribution is 8.82. The molecule has 7 heteroatoms. The average Bonchev–Trinajstić information content (AvgIpc) is 1.56. The largest absolute Gasteiger partial charge is 0.139 e. The molecule has 0 bridgehead atoms. The third-order valence-corrected chi connectivity index (χ3v) is 14.1. The van der Waals surface area contributed by atoms with Gasteiger partial charge in [-0.15, -0.1) is 11.8 Å². The molecule has 0 atom stereocenters. The third kappa shape index (κ3) is 3.30. The second-order valence-electron chi connectivity index (χ2n) is 1.96. The number of thioether (sulfide) groups is 1. The molecule has 0 radical (unpaired) electrons. The standard InChI is InChI=1S/C3H6Cl4S3/c4-9(5)1-8-2-10(6,7)3-9/h1-3H2. The predicted molar refractivity (Wildman–Crippen MR) is 60.8 cm³/mol. The van der Waals surface area contributed by atoms with E-state index in [1.54, 1.807) is 11.8 Å². The molecule has 1 fully saturated rings. The Morgan fingerprint density at radius 1 is 0.900 bits per heavy atom. The molecular weight excluding hydrogens is 274 g/mol. The van der Waals surface area contributed by atoms with Gasteiger partial charge in [-0.05, 0) is 42.7 Å². The summed E-state index contributed by atoms with van der Waals surface area (Å²) >= 11 is 1.66. The Hall–Kier alpha value is 2.21. The van der Waals surface area contributed by atoms with Crippen molar-refractivity contribution in [2.75, 3.05) is 15.3 Å². The van der Waals surface area contributed by atoms with Gasteiger partial charge in [0.2, 0.25) is 0 Å². The number of hydrogen-bond acceptors (Lipinski definition) is 1. The van der Waals surface area contributed by atoms with Crippen LogP contribution in [0.3, 0.4) is 0 Å². The van der Waals surface area contributed by atoms with Gasteiger partial charge < -0.3 is 0 Å². The molecule has 0 aromatic rings. The minimum atomic E-state index is -1.51. The summed E-state index contributed by atoms with van der Waals surface area (Å²) in [4.78, 5) is 0. The normalized spacial score (nSPS) is 36.4. The van der Waals surface area contributed by atoms with Gasteiger partial charge in [0.25, 0.3) is 0 Å². The van der Waals surface area contributed by atoms with Crippen molar-refractivity contribution in [1.29, 1.82) is 0 Å². The van der Waals surface area contributed by atoms with E-state index >= 15 is 0 Å². The number of rotatable bonds is 0. The SMILES string of the molecule is ClS1(Cl)CSCS(Cl)(Cl)C1. The fourth-order valence-electron chi connectivity index (χ4n) is 0.598. The van der Waals surface area contributed by atoms with E-state index in [1.807, 2.05) is 0 Å². The molecule has 1 rings (SSSR count). The van der Waals surface area contributed by atoms with Gasteiger partial charge in [-0.1, -0.05) is 16.9 Å². The summed E-state index contributed by atoms with van der Waals surface area (Å²) in [5.74, 6) is 0. The first-order valence-electron chi connectivity index (χ1n) is 2.35. The first-order valence-corrected chi connectivity index (χ1v) is 10.8. The van der Waals surface area contributed by atoms with Crippen LogP contribution in [0, 0.1) is 0 Å². The summed E-state index contributed by atoms with van der Waals surface area (Å²) in [7, 11) is 20.7. The van der Waals surface area contributed by atoms with Gasteiger partial charge >= 0.3 is 0 Å². The molecule has 0 amide bonds. The van der Waals surface area contributed by atoms with E-state index in [4.69, 9.17) is 42.7 Å². The molecule has 0 spiro atoms. The minimum Gasteiger partial charge on any atom is -0.139 e. The van der Waals surface area contributed by atoms with Crippen molar-refractivity contribution in [2.24, 2.45) is 0 Å². The number of hydrogen-bond donors (Lipinski definition) is 0. The topological polar surface area (TPSA) is 0 Å². The molecule has 0 aromatic heterocycles. The zero-order valence-corrected chi connectivity index (χ0v) is 10.3. The maximum Gasteiger partial charge on any atom is 0.0601 e. The fraction of sp³-hybridized carbons (Fsp3) is 1.00. The van der Waals surface area contributed by atoms with Crippen molar-refractivity contribution in [3.8, 4) is 0 Å². The Bertz CT molecular complexity index is 122. The van der Waals surface area contributed by atoms with Crippen LogP contribution in [0.25, 0.3) is 0 Å². The molecule has 0 N–H and O–H groups in total. The van der Waals surface area contributed by atoms with E-state index in [9.17, 15) is 0 Å². The summed E-state index contributed by atoms with van der Waals surface area (Å²) < 4.78 is 0. The molecule has 10 heavy (non-hydrogen) atoms. The van der Waals surface area contributed by atoms with Gasteiger partial charge in [0.05, 0.1) is 15.3 Å². The van der Waals surface area contributed by atoms with E-state index in [0.717, 1.165) is 10.2 Å². The first kappa shape index (κ1) is 10.3. The van der Waals surface area contributed by atoms with E-state index in [2.05, 4.69) is 0 Å². The quantitative estimate of drug-likeness (QED) is 0.612. The summed E-state index contributed by atoms with van der Waals surface area (Å²) in [5, 5.41) is 2.23. The lowest BCUT2D eigenvalue weighted by Crippen LogP contribution is -2.06. The maximum atomic E-state index is 5.94. The lowest BCUT2D eigenvalue weighted by molar-refractivity contribution is 1.99. The van der Waals surface area contributed by atoms with Gasteiger partial charge in [-0.25, -0.2) is 0 Å². The van der Waals surface area contributed by atoms with E-state index in [0.29, 0.717) is 5.08 Å². The molecule has 0 saturated carbocycles. The molecule has 0 aromatic carbocycles. The highest BCUT2D eigenvalue weighted by Gasteiger charge is 2.34. The smallest absolute Gasteiger partial charge is 0.0601 e. The molecule has 64 valence electrons. The lowest BCUT2D eigenvalue weighted by Gasteiger charge is -2.38.